The van der Waals surface area contributed by atoms with Gasteiger partial charge in [0.05, 0.1) is 0 Å². The largest absolute Gasteiger partial charge is 0.508 e. The van der Waals surface area contributed by atoms with Crippen molar-refractivity contribution in [3.05, 3.63) is 24.3 Å². The summed E-state index contributed by atoms with van der Waals surface area (Å²) in [5.74, 6) is -1.49. The Labute approximate surface area is 83.1 Å². The first kappa shape index (κ1) is 11.4. The van der Waals surface area contributed by atoms with Crippen molar-refractivity contribution in [3.8, 4) is 11.5 Å². The molecule has 15 heavy (non-hydrogen) atoms. The highest BCUT2D eigenvalue weighted by Gasteiger charge is 2.32. The minimum absolute atomic E-state index is 0.0398. The fraction of sp³-hybridized carbons (Fsp3) is 0.222. The molecule has 0 aromatic heterocycles. The van der Waals surface area contributed by atoms with Gasteiger partial charge >= 0.3 is 12.1 Å². The summed E-state index contributed by atoms with van der Waals surface area (Å²) in [6.07, 6.45) is -6.21. The van der Waals surface area contributed by atoms with Crippen LogP contribution in [0.2, 0.25) is 0 Å². The molecule has 0 atom stereocenters. The smallest absolute Gasteiger partial charge is 0.399 e. The van der Waals surface area contributed by atoms with Gasteiger partial charge < -0.3 is 9.84 Å². The molecular weight excluding hydrogens is 213 g/mol. The number of phenols is 1. The molecule has 3 nitrogen and oxygen atoms in total. The Morgan fingerprint density at radius 1 is 1.27 bits per heavy atom. The molecule has 0 aliphatic rings. The first-order valence-corrected chi connectivity index (χ1v) is 3.93. The molecule has 0 unspecified atom stereocenters. The third-order valence-electron chi connectivity index (χ3n) is 1.41. The number of ether oxygens (including phenoxy) is 1. The molecule has 0 amide bonds. The highest BCUT2D eigenvalue weighted by Crippen LogP contribution is 2.22. The number of rotatable bonds is 2. The molecule has 1 aromatic carbocycles. The van der Waals surface area contributed by atoms with Gasteiger partial charge in [0.25, 0.3) is 0 Å². The lowest BCUT2D eigenvalue weighted by Crippen LogP contribution is -2.19. The van der Waals surface area contributed by atoms with Gasteiger partial charge in [0.15, 0.2) is 0 Å². The van der Waals surface area contributed by atoms with E-state index in [1.54, 1.807) is 0 Å². The number of carbonyl (C=O) groups is 1. The van der Waals surface area contributed by atoms with Crippen LogP contribution in [0.3, 0.4) is 0 Å². The SMILES string of the molecule is O=C(CC(F)(F)F)Oc1ccc(O)cc1. The van der Waals surface area contributed by atoms with Gasteiger partial charge in [-0.2, -0.15) is 13.2 Å². The summed E-state index contributed by atoms with van der Waals surface area (Å²) in [7, 11) is 0. The van der Waals surface area contributed by atoms with Crippen molar-refractivity contribution in [2.24, 2.45) is 0 Å². The average molecular weight is 220 g/mol. The van der Waals surface area contributed by atoms with Gasteiger partial charge in [-0.15, -0.1) is 0 Å². The Bertz CT molecular complexity index is 343. The van der Waals surface area contributed by atoms with Gasteiger partial charge in [0.1, 0.15) is 17.9 Å². The van der Waals surface area contributed by atoms with E-state index in [4.69, 9.17) is 5.11 Å². The number of halogens is 3. The lowest BCUT2D eigenvalue weighted by molar-refractivity contribution is -0.164. The maximum Gasteiger partial charge on any atom is 0.399 e. The van der Waals surface area contributed by atoms with Crippen molar-refractivity contribution in [1.29, 1.82) is 0 Å². The lowest BCUT2D eigenvalue weighted by Gasteiger charge is -2.06. The van der Waals surface area contributed by atoms with Crippen LogP contribution >= 0.6 is 0 Å². The topological polar surface area (TPSA) is 46.5 Å². The zero-order valence-electron chi connectivity index (χ0n) is 7.41. The number of carbonyl (C=O) groups excluding carboxylic acids is 1. The molecule has 1 aromatic rings. The average Bonchev–Trinajstić information content (AvgIpc) is 2.05. The van der Waals surface area contributed by atoms with Crippen molar-refractivity contribution in [3.63, 3.8) is 0 Å². The Kier molecular flexibility index (Phi) is 3.18. The fourth-order valence-electron chi connectivity index (χ4n) is 0.845. The molecule has 0 heterocycles. The third kappa shape index (κ3) is 4.35. The monoisotopic (exact) mass is 220 g/mol. The molecular formula is C9H7F3O3. The Morgan fingerprint density at radius 2 is 1.80 bits per heavy atom. The van der Waals surface area contributed by atoms with Crippen molar-refractivity contribution in [2.75, 3.05) is 0 Å². The molecule has 0 bridgehead atoms. The van der Waals surface area contributed by atoms with Crippen molar-refractivity contribution < 1.29 is 27.8 Å². The maximum atomic E-state index is 11.7. The van der Waals surface area contributed by atoms with Crippen LogP contribution < -0.4 is 4.74 Å². The van der Waals surface area contributed by atoms with Gasteiger partial charge in [-0.1, -0.05) is 0 Å². The van der Waals surface area contributed by atoms with Gasteiger partial charge in [0, 0.05) is 0 Å². The van der Waals surface area contributed by atoms with E-state index in [2.05, 4.69) is 4.74 Å². The van der Waals surface area contributed by atoms with E-state index >= 15 is 0 Å². The van der Waals surface area contributed by atoms with Crippen molar-refractivity contribution in [2.45, 2.75) is 12.6 Å². The van der Waals surface area contributed by atoms with Gasteiger partial charge in [-0.3, -0.25) is 4.79 Å². The van der Waals surface area contributed by atoms with E-state index in [1.807, 2.05) is 0 Å². The van der Waals surface area contributed by atoms with Crippen LogP contribution in [-0.4, -0.2) is 17.3 Å². The lowest BCUT2D eigenvalue weighted by atomic mass is 10.3. The summed E-state index contributed by atoms with van der Waals surface area (Å²) in [5.41, 5.74) is 0. The highest BCUT2D eigenvalue weighted by molar-refractivity contribution is 5.73. The second-order valence-corrected chi connectivity index (χ2v) is 2.76. The van der Waals surface area contributed by atoms with Crippen molar-refractivity contribution >= 4 is 5.97 Å². The molecule has 6 heteroatoms. The predicted octanol–water partition coefficient (Wildman–Crippen LogP) is 2.25. The maximum absolute atomic E-state index is 11.7. The van der Waals surface area contributed by atoms with E-state index < -0.39 is 18.6 Å². The van der Waals surface area contributed by atoms with E-state index in [1.165, 1.54) is 24.3 Å². The molecule has 1 N–H and O–H groups in total. The predicted molar refractivity (Wildman–Crippen MR) is 44.4 cm³/mol. The molecule has 82 valence electrons. The number of aromatic hydroxyl groups is 1. The number of benzene rings is 1. The van der Waals surface area contributed by atoms with E-state index in [9.17, 15) is 18.0 Å². The minimum atomic E-state index is -4.58. The Hall–Kier alpha value is -1.72. The number of esters is 1. The van der Waals surface area contributed by atoms with Crippen LogP contribution in [0, 0.1) is 0 Å². The van der Waals surface area contributed by atoms with Crippen LogP contribution in [0.1, 0.15) is 6.42 Å². The number of phenolic OH excluding ortho intramolecular Hbond substituents is 1. The molecule has 0 saturated heterocycles. The first-order valence-electron chi connectivity index (χ1n) is 3.93. The van der Waals surface area contributed by atoms with Gasteiger partial charge in [0.2, 0.25) is 0 Å². The Balaban J connectivity index is 2.55. The van der Waals surface area contributed by atoms with E-state index in [0.29, 0.717) is 0 Å². The number of hydrogen-bond donors (Lipinski definition) is 1. The van der Waals surface area contributed by atoms with E-state index in [-0.39, 0.29) is 11.5 Å². The van der Waals surface area contributed by atoms with Crippen LogP contribution in [0.5, 0.6) is 11.5 Å². The molecule has 0 aliphatic heterocycles. The molecule has 0 fully saturated rings. The molecule has 0 spiro atoms. The summed E-state index contributed by atoms with van der Waals surface area (Å²) in [4.78, 5) is 10.7. The summed E-state index contributed by atoms with van der Waals surface area (Å²) in [6, 6.07) is 4.81. The molecule has 0 saturated carbocycles. The third-order valence-corrected chi connectivity index (χ3v) is 1.41. The minimum Gasteiger partial charge on any atom is -0.508 e. The van der Waals surface area contributed by atoms with E-state index in [0.717, 1.165) is 0 Å². The zero-order chi connectivity index (χ0) is 11.5. The number of hydrogen-bond acceptors (Lipinski definition) is 3. The summed E-state index contributed by atoms with van der Waals surface area (Å²) < 4.78 is 39.6. The Morgan fingerprint density at radius 3 is 2.27 bits per heavy atom. The van der Waals surface area contributed by atoms with Crippen molar-refractivity contribution in [1.82, 2.24) is 0 Å². The second-order valence-electron chi connectivity index (χ2n) is 2.76. The zero-order valence-corrected chi connectivity index (χ0v) is 7.41. The number of alkyl halides is 3. The summed E-state index contributed by atoms with van der Waals surface area (Å²) >= 11 is 0. The molecule has 0 radical (unpaired) electrons. The fourth-order valence-corrected chi connectivity index (χ4v) is 0.845. The van der Waals surface area contributed by atoms with Gasteiger partial charge in [-0.25, -0.2) is 0 Å². The highest BCUT2D eigenvalue weighted by atomic mass is 19.4. The first-order chi connectivity index (χ1) is 6.87. The summed E-state index contributed by atoms with van der Waals surface area (Å²) in [5, 5.41) is 8.86. The van der Waals surface area contributed by atoms with Crippen LogP contribution in [0.4, 0.5) is 13.2 Å². The second kappa shape index (κ2) is 4.20. The molecule has 1 rings (SSSR count). The van der Waals surface area contributed by atoms with Crippen LogP contribution in [-0.2, 0) is 4.79 Å². The normalized spacial score (nSPS) is 11.1. The quantitative estimate of drug-likeness (QED) is 0.614. The van der Waals surface area contributed by atoms with Gasteiger partial charge in [-0.05, 0) is 24.3 Å². The molecule has 0 aliphatic carbocycles. The van der Waals surface area contributed by atoms with Crippen LogP contribution in [0.25, 0.3) is 0 Å². The standard InChI is InChI=1S/C9H7F3O3/c10-9(11,12)5-8(14)15-7-3-1-6(13)2-4-7/h1-4,13H,5H2. The summed E-state index contributed by atoms with van der Waals surface area (Å²) in [6.45, 7) is 0. The van der Waals surface area contributed by atoms with Crippen LogP contribution in [0.15, 0.2) is 24.3 Å².